The Morgan fingerprint density at radius 3 is 2.13 bits per heavy atom. The number of nitrogens with zero attached hydrogens (tertiary/aromatic N) is 3. The van der Waals surface area contributed by atoms with Gasteiger partial charge in [-0.25, -0.2) is 0 Å². The maximum absolute atomic E-state index is 12.8. The van der Waals surface area contributed by atoms with Gasteiger partial charge < -0.3 is 14.7 Å². The molecule has 6 heteroatoms. The lowest BCUT2D eigenvalue weighted by Crippen LogP contribution is -2.57. The number of amides is 3. The van der Waals surface area contributed by atoms with Crippen LogP contribution in [0.1, 0.15) is 51.9 Å². The van der Waals surface area contributed by atoms with Crippen molar-refractivity contribution in [1.29, 1.82) is 0 Å². The van der Waals surface area contributed by atoms with E-state index in [1.54, 1.807) is 4.90 Å². The molecule has 0 unspecified atom stereocenters. The quantitative estimate of drug-likeness (QED) is 0.710. The molecular formula is C17H27N3O3. The van der Waals surface area contributed by atoms with E-state index in [-0.39, 0.29) is 12.5 Å². The van der Waals surface area contributed by atoms with Crippen molar-refractivity contribution < 1.29 is 14.4 Å². The van der Waals surface area contributed by atoms with Crippen molar-refractivity contribution in [3.05, 3.63) is 0 Å². The Morgan fingerprint density at radius 1 is 0.957 bits per heavy atom. The molecule has 1 aliphatic heterocycles. The third-order valence-corrected chi connectivity index (χ3v) is 5.30. The molecule has 6 nitrogen and oxygen atoms in total. The minimum atomic E-state index is -0.522. The first kappa shape index (κ1) is 16.3. The van der Waals surface area contributed by atoms with E-state index in [0.29, 0.717) is 31.7 Å². The molecule has 0 atom stereocenters. The lowest BCUT2D eigenvalue weighted by atomic mass is 9.94. The highest BCUT2D eigenvalue weighted by atomic mass is 16.2. The minimum Gasteiger partial charge on any atom is -0.335 e. The van der Waals surface area contributed by atoms with Crippen molar-refractivity contribution in [1.82, 2.24) is 14.7 Å². The van der Waals surface area contributed by atoms with E-state index in [1.807, 2.05) is 11.8 Å². The molecule has 1 saturated heterocycles. The molecule has 3 rings (SSSR count). The average molecular weight is 321 g/mol. The van der Waals surface area contributed by atoms with Crippen LogP contribution in [0.2, 0.25) is 0 Å². The van der Waals surface area contributed by atoms with Crippen LogP contribution in [-0.2, 0) is 14.4 Å². The van der Waals surface area contributed by atoms with E-state index in [9.17, 15) is 14.4 Å². The Labute approximate surface area is 137 Å². The Bertz CT molecular complexity index is 483. The molecule has 0 aromatic carbocycles. The Hall–Kier alpha value is -1.59. The molecule has 0 bridgehead atoms. The van der Waals surface area contributed by atoms with Gasteiger partial charge in [-0.05, 0) is 32.6 Å². The summed E-state index contributed by atoms with van der Waals surface area (Å²) in [6, 6.07) is 0.708. The van der Waals surface area contributed by atoms with Crippen LogP contribution in [0, 0.1) is 0 Å². The van der Waals surface area contributed by atoms with Crippen molar-refractivity contribution in [2.45, 2.75) is 64.0 Å². The van der Waals surface area contributed by atoms with Gasteiger partial charge in [0.1, 0.15) is 6.54 Å². The maximum Gasteiger partial charge on any atom is 0.312 e. The number of hydrogen-bond donors (Lipinski definition) is 0. The summed E-state index contributed by atoms with van der Waals surface area (Å²) in [6.45, 7) is 3.47. The van der Waals surface area contributed by atoms with Gasteiger partial charge in [0, 0.05) is 31.7 Å². The summed E-state index contributed by atoms with van der Waals surface area (Å²) in [4.78, 5) is 42.0. The fourth-order valence-electron chi connectivity index (χ4n) is 3.83. The first-order valence-corrected chi connectivity index (χ1v) is 9.01. The summed E-state index contributed by atoms with van der Waals surface area (Å²) in [6.07, 6.45) is 7.96. The molecule has 2 aliphatic carbocycles. The van der Waals surface area contributed by atoms with Gasteiger partial charge in [0.05, 0.1) is 0 Å². The molecule has 2 saturated carbocycles. The first-order valence-electron chi connectivity index (χ1n) is 9.01. The van der Waals surface area contributed by atoms with Gasteiger partial charge in [0.15, 0.2) is 0 Å². The van der Waals surface area contributed by atoms with Gasteiger partial charge in [-0.1, -0.05) is 19.3 Å². The number of likely N-dealkylation sites (N-methyl/N-ethyl adjacent to an activating group) is 1. The van der Waals surface area contributed by atoms with E-state index in [4.69, 9.17) is 0 Å². The molecule has 0 aromatic heterocycles. The number of piperazine rings is 1. The summed E-state index contributed by atoms with van der Waals surface area (Å²) >= 11 is 0. The topological polar surface area (TPSA) is 60.9 Å². The fourth-order valence-corrected chi connectivity index (χ4v) is 3.83. The highest BCUT2D eigenvalue weighted by molar-refractivity contribution is 6.35. The van der Waals surface area contributed by atoms with Crippen LogP contribution >= 0.6 is 0 Å². The molecule has 0 N–H and O–H groups in total. The number of rotatable bonds is 5. The third-order valence-electron chi connectivity index (χ3n) is 5.30. The van der Waals surface area contributed by atoms with Crippen molar-refractivity contribution in [2.75, 3.05) is 26.2 Å². The van der Waals surface area contributed by atoms with E-state index in [1.165, 1.54) is 24.2 Å². The van der Waals surface area contributed by atoms with Crippen molar-refractivity contribution in [3.63, 3.8) is 0 Å². The Kier molecular flexibility index (Phi) is 4.87. The molecule has 23 heavy (non-hydrogen) atoms. The molecular weight excluding hydrogens is 294 g/mol. The van der Waals surface area contributed by atoms with Gasteiger partial charge in [0.25, 0.3) is 0 Å². The summed E-state index contributed by atoms with van der Waals surface area (Å²) in [5.41, 5.74) is 0. The predicted molar refractivity (Wildman–Crippen MR) is 85.6 cm³/mol. The molecule has 0 radical (unpaired) electrons. The summed E-state index contributed by atoms with van der Waals surface area (Å²) in [7, 11) is 0. The standard InChI is InChI=1S/C17H27N3O3/c1-2-18-10-11-19(17(23)16(18)22)12-15(21)20(14-8-9-14)13-6-4-3-5-7-13/h13-14H,2-12H2,1H3. The SMILES string of the molecule is CCN1CCN(CC(=O)N(C2CCCCC2)C2CC2)C(=O)C1=O. The minimum absolute atomic E-state index is 0.0329. The van der Waals surface area contributed by atoms with Crippen LogP contribution in [0.15, 0.2) is 0 Å². The maximum atomic E-state index is 12.8. The molecule has 3 fully saturated rings. The zero-order valence-electron chi connectivity index (χ0n) is 14.0. The smallest absolute Gasteiger partial charge is 0.312 e. The second-order valence-corrected chi connectivity index (χ2v) is 6.94. The van der Waals surface area contributed by atoms with Crippen molar-refractivity contribution >= 4 is 17.7 Å². The van der Waals surface area contributed by atoms with Crippen molar-refractivity contribution in [2.24, 2.45) is 0 Å². The lowest BCUT2D eigenvalue weighted by Gasteiger charge is -2.37. The third kappa shape index (κ3) is 3.51. The van der Waals surface area contributed by atoms with Gasteiger partial charge in [-0.2, -0.15) is 0 Å². The fraction of sp³-hybridized carbons (Fsp3) is 0.824. The second kappa shape index (κ2) is 6.89. The summed E-state index contributed by atoms with van der Waals surface area (Å²) in [5, 5.41) is 0. The molecule has 0 spiro atoms. The largest absolute Gasteiger partial charge is 0.335 e. The van der Waals surface area contributed by atoms with Crippen LogP contribution in [-0.4, -0.2) is 70.7 Å². The lowest BCUT2D eigenvalue weighted by molar-refractivity contribution is -0.158. The van der Waals surface area contributed by atoms with E-state index in [0.717, 1.165) is 25.7 Å². The Balaban J connectivity index is 1.62. The first-order chi connectivity index (χ1) is 11.1. The van der Waals surface area contributed by atoms with Gasteiger partial charge >= 0.3 is 11.8 Å². The zero-order valence-corrected chi connectivity index (χ0v) is 14.0. The van der Waals surface area contributed by atoms with Gasteiger partial charge in [0.2, 0.25) is 5.91 Å². The van der Waals surface area contributed by atoms with Crippen molar-refractivity contribution in [3.8, 4) is 0 Å². The Morgan fingerprint density at radius 2 is 1.52 bits per heavy atom. The molecule has 128 valence electrons. The molecule has 3 amide bonds. The highest BCUT2D eigenvalue weighted by Crippen LogP contribution is 2.33. The molecule has 1 heterocycles. The van der Waals surface area contributed by atoms with Crippen LogP contribution in [0.4, 0.5) is 0 Å². The highest BCUT2D eigenvalue weighted by Gasteiger charge is 2.40. The zero-order chi connectivity index (χ0) is 16.4. The van der Waals surface area contributed by atoms with Crippen LogP contribution in [0.5, 0.6) is 0 Å². The van der Waals surface area contributed by atoms with Crippen LogP contribution in [0.3, 0.4) is 0 Å². The van der Waals surface area contributed by atoms with Gasteiger partial charge in [-0.15, -0.1) is 0 Å². The predicted octanol–water partition coefficient (Wildman–Crippen LogP) is 1.00. The summed E-state index contributed by atoms with van der Waals surface area (Å²) < 4.78 is 0. The van der Waals surface area contributed by atoms with E-state index in [2.05, 4.69) is 0 Å². The van der Waals surface area contributed by atoms with Gasteiger partial charge in [-0.3, -0.25) is 14.4 Å². The van der Waals surface area contributed by atoms with E-state index < -0.39 is 11.8 Å². The average Bonchev–Trinajstić information content (AvgIpc) is 3.38. The van der Waals surface area contributed by atoms with Crippen LogP contribution < -0.4 is 0 Å². The van der Waals surface area contributed by atoms with E-state index >= 15 is 0 Å². The molecule has 3 aliphatic rings. The summed E-state index contributed by atoms with van der Waals surface area (Å²) in [5.74, 6) is -0.960. The number of hydrogen-bond acceptors (Lipinski definition) is 3. The normalized spacial score (nSPS) is 23.3. The number of carbonyl (C=O) groups is 3. The monoisotopic (exact) mass is 321 g/mol. The second-order valence-electron chi connectivity index (χ2n) is 6.94. The molecule has 0 aromatic rings. The van der Waals surface area contributed by atoms with Crippen LogP contribution in [0.25, 0.3) is 0 Å². The number of carbonyl (C=O) groups excluding carboxylic acids is 3.